The molecule has 6 heteroatoms. The molecule has 0 fully saturated rings. The molecule has 0 bridgehead atoms. The summed E-state index contributed by atoms with van der Waals surface area (Å²) in [7, 11) is 1.62. The molecule has 0 N–H and O–H groups in total. The van der Waals surface area contributed by atoms with Crippen molar-refractivity contribution in [3.8, 4) is 0 Å². The zero-order chi connectivity index (χ0) is 13.0. The molecular weight excluding hydrogens is 288 g/mol. The van der Waals surface area contributed by atoms with Gasteiger partial charge in [-0.3, -0.25) is 14.9 Å². The number of halogens is 1. The van der Waals surface area contributed by atoms with Crippen LogP contribution in [0.2, 0.25) is 0 Å². The fraction of sp³-hybridized carbons (Fsp3) is 0.364. The number of rotatable bonds is 4. The number of nitro groups is 1. The van der Waals surface area contributed by atoms with E-state index in [2.05, 4.69) is 15.9 Å². The Morgan fingerprint density at radius 1 is 1.53 bits per heavy atom. The van der Waals surface area contributed by atoms with Gasteiger partial charge < -0.3 is 4.90 Å². The lowest BCUT2D eigenvalue weighted by Gasteiger charge is -2.16. The predicted molar refractivity (Wildman–Crippen MR) is 68.6 cm³/mol. The summed E-state index contributed by atoms with van der Waals surface area (Å²) in [5.41, 5.74) is 0.642. The first-order valence-corrected chi connectivity index (χ1v) is 6.16. The highest BCUT2D eigenvalue weighted by atomic mass is 79.9. The van der Waals surface area contributed by atoms with Gasteiger partial charge in [-0.25, -0.2) is 0 Å². The Bertz CT molecular complexity index is 448. The van der Waals surface area contributed by atoms with Gasteiger partial charge in [0.2, 0.25) is 0 Å². The summed E-state index contributed by atoms with van der Waals surface area (Å²) in [5.74, 6) is -0.325. The van der Waals surface area contributed by atoms with Gasteiger partial charge in [0.1, 0.15) is 5.56 Å². The maximum atomic E-state index is 12.1. The van der Waals surface area contributed by atoms with E-state index in [4.69, 9.17) is 0 Å². The normalized spacial score (nSPS) is 10.1. The highest BCUT2D eigenvalue weighted by Gasteiger charge is 2.24. The average Bonchev–Trinajstić information content (AvgIpc) is 2.28. The van der Waals surface area contributed by atoms with E-state index in [1.54, 1.807) is 26.1 Å². The Morgan fingerprint density at radius 3 is 2.71 bits per heavy atom. The van der Waals surface area contributed by atoms with Crippen LogP contribution in [0.15, 0.2) is 18.2 Å². The van der Waals surface area contributed by atoms with Crippen LogP contribution in [-0.4, -0.2) is 34.7 Å². The molecule has 0 saturated heterocycles. The summed E-state index contributed by atoms with van der Waals surface area (Å²) in [4.78, 5) is 23.9. The van der Waals surface area contributed by atoms with Crippen LogP contribution in [0.3, 0.4) is 0 Å². The minimum atomic E-state index is -0.526. The molecule has 0 saturated carbocycles. The number of alkyl halides is 1. The van der Waals surface area contributed by atoms with E-state index in [0.29, 0.717) is 17.4 Å². The average molecular weight is 301 g/mol. The maximum Gasteiger partial charge on any atom is 0.282 e. The predicted octanol–water partition coefficient (Wildman–Crippen LogP) is 2.37. The van der Waals surface area contributed by atoms with Crippen molar-refractivity contribution in [3.63, 3.8) is 0 Å². The summed E-state index contributed by atoms with van der Waals surface area (Å²) in [6.45, 7) is 2.20. The van der Waals surface area contributed by atoms with Crippen molar-refractivity contribution in [2.45, 2.75) is 6.92 Å². The van der Waals surface area contributed by atoms with Crippen LogP contribution < -0.4 is 0 Å². The first kappa shape index (κ1) is 13.6. The topological polar surface area (TPSA) is 63.5 Å². The molecule has 0 aliphatic heterocycles. The number of benzene rings is 1. The maximum absolute atomic E-state index is 12.1. The molecule has 92 valence electrons. The van der Waals surface area contributed by atoms with Gasteiger partial charge >= 0.3 is 0 Å². The number of hydrogen-bond acceptors (Lipinski definition) is 3. The van der Waals surface area contributed by atoms with E-state index in [9.17, 15) is 14.9 Å². The number of carbonyl (C=O) groups is 1. The SMILES string of the molecule is Cc1cccc([N+](=O)[O-])c1C(=O)N(C)CCBr. The van der Waals surface area contributed by atoms with Crippen LogP contribution in [0.1, 0.15) is 15.9 Å². The lowest BCUT2D eigenvalue weighted by atomic mass is 10.1. The summed E-state index contributed by atoms with van der Waals surface area (Å²) < 4.78 is 0. The van der Waals surface area contributed by atoms with Gasteiger partial charge in [-0.15, -0.1) is 0 Å². The lowest BCUT2D eigenvalue weighted by Crippen LogP contribution is -2.29. The largest absolute Gasteiger partial charge is 0.341 e. The van der Waals surface area contributed by atoms with E-state index in [1.807, 2.05) is 0 Å². The van der Waals surface area contributed by atoms with Crippen molar-refractivity contribution in [2.24, 2.45) is 0 Å². The molecule has 0 radical (unpaired) electrons. The van der Waals surface area contributed by atoms with Gasteiger partial charge in [-0.2, -0.15) is 0 Å². The minimum Gasteiger partial charge on any atom is -0.341 e. The third-order valence-corrected chi connectivity index (χ3v) is 2.78. The van der Waals surface area contributed by atoms with Crippen LogP contribution in [0.25, 0.3) is 0 Å². The molecule has 1 aromatic rings. The van der Waals surface area contributed by atoms with Crippen molar-refractivity contribution in [3.05, 3.63) is 39.4 Å². The summed E-state index contributed by atoms with van der Waals surface area (Å²) in [5, 5.41) is 11.5. The molecule has 0 aliphatic rings. The van der Waals surface area contributed by atoms with Crippen molar-refractivity contribution in [1.29, 1.82) is 0 Å². The van der Waals surface area contributed by atoms with Crippen LogP contribution in [0, 0.1) is 17.0 Å². The number of nitro benzene ring substituents is 1. The summed E-state index contributed by atoms with van der Waals surface area (Å²) in [6.07, 6.45) is 0. The van der Waals surface area contributed by atoms with E-state index >= 15 is 0 Å². The molecule has 1 rings (SSSR count). The molecule has 1 aromatic carbocycles. The second kappa shape index (κ2) is 5.77. The number of hydrogen-bond donors (Lipinski definition) is 0. The van der Waals surface area contributed by atoms with Gasteiger partial charge in [-0.05, 0) is 12.5 Å². The van der Waals surface area contributed by atoms with E-state index in [0.717, 1.165) is 0 Å². The Labute approximate surface area is 108 Å². The van der Waals surface area contributed by atoms with Crippen LogP contribution in [-0.2, 0) is 0 Å². The summed E-state index contributed by atoms with van der Waals surface area (Å²) in [6, 6.07) is 4.62. The van der Waals surface area contributed by atoms with Gasteiger partial charge in [0.05, 0.1) is 4.92 Å². The molecule has 0 unspecified atom stereocenters. The first-order valence-electron chi connectivity index (χ1n) is 5.04. The van der Waals surface area contributed by atoms with Gasteiger partial charge in [-0.1, -0.05) is 28.1 Å². The highest BCUT2D eigenvalue weighted by Crippen LogP contribution is 2.23. The Hall–Kier alpha value is -1.43. The number of nitrogens with zero attached hydrogens (tertiary/aromatic N) is 2. The molecule has 17 heavy (non-hydrogen) atoms. The van der Waals surface area contributed by atoms with Crippen molar-refractivity contribution in [2.75, 3.05) is 18.9 Å². The van der Waals surface area contributed by atoms with Crippen LogP contribution >= 0.6 is 15.9 Å². The monoisotopic (exact) mass is 300 g/mol. The minimum absolute atomic E-state index is 0.142. The lowest BCUT2D eigenvalue weighted by molar-refractivity contribution is -0.385. The Balaban J connectivity index is 3.20. The van der Waals surface area contributed by atoms with Crippen molar-refractivity contribution in [1.82, 2.24) is 4.90 Å². The molecule has 0 spiro atoms. The molecular formula is C11H13BrN2O3. The van der Waals surface area contributed by atoms with Crippen molar-refractivity contribution < 1.29 is 9.72 Å². The van der Waals surface area contributed by atoms with Crippen LogP contribution in [0.4, 0.5) is 5.69 Å². The van der Waals surface area contributed by atoms with Gasteiger partial charge in [0, 0.05) is 25.0 Å². The zero-order valence-electron chi connectivity index (χ0n) is 9.64. The second-order valence-corrected chi connectivity index (χ2v) is 4.43. The third kappa shape index (κ3) is 3.03. The Kier molecular flexibility index (Phi) is 4.62. The molecule has 1 amide bonds. The molecule has 0 aliphatic carbocycles. The van der Waals surface area contributed by atoms with Crippen LogP contribution in [0.5, 0.6) is 0 Å². The Morgan fingerprint density at radius 2 is 2.18 bits per heavy atom. The number of amides is 1. The standard InChI is InChI=1S/C11H13BrN2O3/c1-8-4-3-5-9(14(16)17)10(8)11(15)13(2)7-6-12/h3-5H,6-7H2,1-2H3. The van der Waals surface area contributed by atoms with E-state index in [-0.39, 0.29) is 17.2 Å². The second-order valence-electron chi connectivity index (χ2n) is 3.64. The highest BCUT2D eigenvalue weighted by molar-refractivity contribution is 9.09. The summed E-state index contributed by atoms with van der Waals surface area (Å²) >= 11 is 3.23. The fourth-order valence-corrected chi connectivity index (χ4v) is 2.03. The van der Waals surface area contributed by atoms with Gasteiger partial charge in [0.15, 0.2) is 0 Å². The molecule has 5 nitrogen and oxygen atoms in total. The smallest absolute Gasteiger partial charge is 0.282 e. The number of carbonyl (C=O) groups excluding carboxylic acids is 1. The number of aryl methyl sites for hydroxylation is 1. The molecule has 0 heterocycles. The van der Waals surface area contributed by atoms with E-state index in [1.165, 1.54) is 11.0 Å². The third-order valence-electron chi connectivity index (χ3n) is 2.43. The first-order chi connectivity index (χ1) is 7.99. The fourth-order valence-electron chi connectivity index (χ4n) is 1.50. The van der Waals surface area contributed by atoms with Gasteiger partial charge in [0.25, 0.3) is 11.6 Å². The zero-order valence-corrected chi connectivity index (χ0v) is 11.2. The molecule has 0 atom stereocenters. The quantitative estimate of drug-likeness (QED) is 0.487. The van der Waals surface area contributed by atoms with Crippen molar-refractivity contribution >= 4 is 27.5 Å². The van der Waals surface area contributed by atoms with E-state index < -0.39 is 4.92 Å². The molecule has 0 aromatic heterocycles.